The molecule has 39 heavy (non-hydrogen) atoms. The molecule has 0 spiro atoms. The molecule has 1 saturated heterocycles. The molecule has 3 aromatic rings. The average molecular weight is 540 g/mol. The van der Waals surface area contributed by atoms with Gasteiger partial charge in [0.2, 0.25) is 5.82 Å². The van der Waals surface area contributed by atoms with E-state index in [1.54, 1.807) is 30.0 Å². The Morgan fingerprint density at radius 3 is 2.74 bits per heavy atom. The highest BCUT2D eigenvalue weighted by molar-refractivity contribution is 5.93. The Labute approximate surface area is 226 Å². The first kappa shape index (κ1) is 27.9. The Morgan fingerprint density at radius 1 is 1.21 bits per heavy atom. The van der Waals surface area contributed by atoms with Crippen LogP contribution in [-0.2, 0) is 17.8 Å². The van der Waals surface area contributed by atoms with E-state index >= 15 is 0 Å². The highest BCUT2D eigenvalue weighted by atomic mass is 19.1. The smallest absolute Gasteiger partial charge is 0.410 e. The number of piperidine rings is 1. The van der Waals surface area contributed by atoms with Gasteiger partial charge in [-0.15, -0.1) is 10.2 Å². The summed E-state index contributed by atoms with van der Waals surface area (Å²) in [5.41, 5.74) is 1.58. The first-order valence-electron chi connectivity index (χ1n) is 12.9. The maximum Gasteiger partial charge on any atom is 0.410 e. The van der Waals surface area contributed by atoms with Crippen molar-refractivity contribution in [2.45, 2.75) is 59.2 Å². The molecule has 0 saturated carbocycles. The number of halogens is 1. The van der Waals surface area contributed by atoms with Gasteiger partial charge in [-0.2, -0.15) is 4.80 Å². The van der Waals surface area contributed by atoms with Crippen molar-refractivity contribution < 1.29 is 23.5 Å². The van der Waals surface area contributed by atoms with Gasteiger partial charge in [0.15, 0.2) is 11.6 Å². The van der Waals surface area contributed by atoms with Crippen LogP contribution in [0.25, 0.3) is 11.4 Å². The van der Waals surface area contributed by atoms with E-state index in [2.05, 4.69) is 25.7 Å². The predicted octanol–water partition coefficient (Wildman–Crippen LogP) is 3.77. The number of carbonyl (C=O) groups is 2. The number of hydrogen-bond acceptors (Lipinski definition) is 8. The molecule has 2 amide bonds. The maximum absolute atomic E-state index is 13.7. The van der Waals surface area contributed by atoms with Crippen LogP contribution < -0.4 is 10.1 Å². The summed E-state index contributed by atoms with van der Waals surface area (Å²) in [7, 11) is 1.39. The van der Waals surface area contributed by atoms with Crippen LogP contribution in [0.2, 0.25) is 0 Å². The lowest BCUT2D eigenvalue weighted by Gasteiger charge is -2.33. The fraction of sp³-hybridized carbons (Fsp3) is 0.481. The van der Waals surface area contributed by atoms with Gasteiger partial charge in [0, 0.05) is 30.9 Å². The molecular weight excluding hydrogens is 505 g/mol. The van der Waals surface area contributed by atoms with Gasteiger partial charge in [-0.1, -0.05) is 6.07 Å². The van der Waals surface area contributed by atoms with Crippen molar-refractivity contribution in [3.63, 3.8) is 0 Å². The lowest BCUT2D eigenvalue weighted by molar-refractivity contribution is 0.0152. The third-order valence-electron chi connectivity index (χ3n) is 6.16. The van der Waals surface area contributed by atoms with Gasteiger partial charge in [-0.3, -0.25) is 4.79 Å². The molecule has 4 rings (SSSR count). The maximum atomic E-state index is 13.7. The Kier molecular flexibility index (Phi) is 8.41. The quantitative estimate of drug-likeness (QED) is 0.481. The molecule has 12 heteroatoms. The van der Waals surface area contributed by atoms with Crippen LogP contribution in [0.15, 0.2) is 30.3 Å². The van der Waals surface area contributed by atoms with Crippen LogP contribution >= 0.6 is 0 Å². The zero-order chi connectivity index (χ0) is 28.2. The number of pyridine rings is 1. The minimum absolute atomic E-state index is 0.109. The fourth-order valence-corrected chi connectivity index (χ4v) is 4.37. The van der Waals surface area contributed by atoms with E-state index in [0.29, 0.717) is 42.3 Å². The number of methoxy groups -OCH3 is 1. The number of nitrogens with one attached hydrogen (secondary N) is 1. The molecular formula is C27H34FN7O4. The van der Waals surface area contributed by atoms with Gasteiger partial charge in [0.05, 0.1) is 13.7 Å². The first-order chi connectivity index (χ1) is 18.5. The Balaban J connectivity index is 1.40. The van der Waals surface area contributed by atoms with Crippen LogP contribution in [0.1, 0.15) is 55.4 Å². The largest absolute Gasteiger partial charge is 0.494 e. The molecule has 3 heterocycles. The summed E-state index contributed by atoms with van der Waals surface area (Å²) in [6.07, 6.45) is 1.50. The summed E-state index contributed by atoms with van der Waals surface area (Å²) in [4.78, 5) is 32.9. The van der Waals surface area contributed by atoms with E-state index in [1.165, 1.54) is 24.0 Å². The number of aromatic nitrogens is 5. The number of nitrogens with zero attached hydrogens (tertiary/aromatic N) is 6. The minimum Gasteiger partial charge on any atom is -0.494 e. The van der Waals surface area contributed by atoms with Gasteiger partial charge >= 0.3 is 6.09 Å². The topological polar surface area (TPSA) is 124 Å². The van der Waals surface area contributed by atoms with Crippen LogP contribution in [0.4, 0.5) is 9.18 Å². The van der Waals surface area contributed by atoms with Crippen molar-refractivity contribution >= 4 is 12.0 Å². The molecule has 11 nitrogen and oxygen atoms in total. The number of likely N-dealkylation sites (tertiary alicyclic amines) is 1. The molecule has 1 aliphatic rings. The predicted molar refractivity (Wildman–Crippen MR) is 140 cm³/mol. The number of benzene rings is 1. The Hall–Kier alpha value is -4.09. The number of rotatable bonds is 7. The van der Waals surface area contributed by atoms with Crippen molar-refractivity contribution in [1.29, 1.82) is 0 Å². The summed E-state index contributed by atoms with van der Waals surface area (Å²) in [5.74, 6) is -0.212. The summed E-state index contributed by atoms with van der Waals surface area (Å²) >= 11 is 0. The molecule has 1 aromatic carbocycles. The molecule has 1 aliphatic heterocycles. The van der Waals surface area contributed by atoms with Crippen molar-refractivity contribution in [2.75, 3.05) is 20.2 Å². The van der Waals surface area contributed by atoms with Gasteiger partial charge in [-0.05, 0) is 81.5 Å². The van der Waals surface area contributed by atoms with Gasteiger partial charge in [0.25, 0.3) is 5.91 Å². The van der Waals surface area contributed by atoms with Crippen LogP contribution in [-0.4, -0.2) is 67.9 Å². The van der Waals surface area contributed by atoms with E-state index in [4.69, 9.17) is 9.47 Å². The molecule has 2 aromatic heterocycles. The fourth-order valence-electron chi connectivity index (χ4n) is 4.37. The number of hydrogen-bond donors (Lipinski definition) is 1. The van der Waals surface area contributed by atoms with Crippen molar-refractivity contribution in [2.24, 2.45) is 5.92 Å². The van der Waals surface area contributed by atoms with E-state index in [0.717, 1.165) is 12.8 Å². The number of ether oxygens (including phenoxy) is 2. The van der Waals surface area contributed by atoms with E-state index in [1.807, 2.05) is 20.8 Å². The lowest BCUT2D eigenvalue weighted by Crippen LogP contribution is -2.43. The minimum atomic E-state index is -0.542. The highest BCUT2D eigenvalue weighted by Gasteiger charge is 2.28. The van der Waals surface area contributed by atoms with E-state index < -0.39 is 11.4 Å². The van der Waals surface area contributed by atoms with Crippen molar-refractivity contribution in [3.8, 4) is 17.1 Å². The number of amides is 2. The zero-order valence-corrected chi connectivity index (χ0v) is 22.9. The SMILES string of the molecule is COc1cc(CNC(=O)c2cc(-c3nnn(C[C@@H]4CCCN(C(=O)OC(C)(C)C)C4)n3)cc(C)n2)ccc1F. The molecule has 1 atom stereocenters. The average Bonchev–Trinajstić information content (AvgIpc) is 3.35. The number of carbonyl (C=O) groups excluding carboxylic acids is 2. The van der Waals surface area contributed by atoms with Crippen LogP contribution in [0, 0.1) is 18.7 Å². The third-order valence-corrected chi connectivity index (χ3v) is 6.16. The van der Waals surface area contributed by atoms with Gasteiger partial charge in [0.1, 0.15) is 11.3 Å². The lowest BCUT2D eigenvalue weighted by atomic mass is 9.98. The standard InChI is InChI=1S/C27H34FN7O4/c1-17-11-20(13-22(30-17)25(36)29-14-18-8-9-21(28)23(12-18)38-5)24-31-33-35(32-24)16-19-7-6-10-34(15-19)26(37)39-27(2,3)4/h8-9,11-13,19H,6-7,10,14-16H2,1-5H3,(H,29,36)/t19-/m1/s1. The zero-order valence-electron chi connectivity index (χ0n) is 22.9. The van der Waals surface area contributed by atoms with Crippen LogP contribution in [0.5, 0.6) is 5.75 Å². The summed E-state index contributed by atoms with van der Waals surface area (Å²) < 4.78 is 24.2. The normalized spacial score (nSPS) is 15.6. The summed E-state index contributed by atoms with van der Waals surface area (Å²) in [6.45, 7) is 9.25. The highest BCUT2D eigenvalue weighted by Crippen LogP contribution is 2.22. The second-order valence-corrected chi connectivity index (χ2v) is 10.6. The summed E-state index contributed by atoms with van der Waals surface area (Å²) in [6, 6.07) is 7.80. The van der Waals surface area contributed by atoms with E-state index in [-0.39, 0.29) is 35.9 Å². The number of aryl methyl sites for hydroxylation is 1. The molecule has 208 valence electrons. The Morgan fingerprint density at radius 2 is 2.00 bits per heavy atom. The molecule has 0 aliphatic carbocycles. The van der Waals surface area contributed by atoms with Crippen molar-refractivity contribution in [3.05, 3.63) is 53.1 Å². The van der Waals surface area contributed by atoms with E-state index in [9.17, 15) is 14.0 Å². The molecule has 0 bridgehead atoms. The third kappa shape index (κ3) is 7.49. The number of tetrazole rings is 1. The van der Waals surface area contributed by atoms with Crippen LogP contribution in [0.3, 0.4) is 0 Å². The Bertz CT molecular complexity index is 1340. The molecule has 1 N–H and O–H groups in total. The molecule has 1 fully saturated rings. The summed E-state index contributed by atoms with van der Waals surface area (Å²) in [5, 5.41) is 15.7. The second-order valence-electron chi connectivity index (χ2n) is 10.6. The van der Waals surface area contributed by atoms with Gasteiger partial charge < -0.3 is 19.7 Å². The molecule has 0 unspecified atom stereocenters. The van der Waals surface area contributed by atoms with Gasteiger partial charge in [-0.25, -0.2) is 14.2 Å². The second kappa shape index (κ2) is 11.7. The first-order valence-corrected chi connectivity index (χ1v) is 12.9. The molecule has 0 radical (unpaired) electrons. The van der Waals surface area contributed by atoms with Crippen molar-refractivity contribution in [1.82, 2.24) is 35.4 Å². The monoisotopic (exact) mass is 539 g/mol.